The molecule has 0 unspecified atom stereocenters. The first-order chi connectivity index (χ1) is 6.89. The van der Waals surface area contributed by atoms with Gasteiger partial charge in [0.15, 0.2) is 0 Å². The van der Waals surface area contributed by atoms with Gasteiger partial charge in [0, 0.05) is 23.7 Å². The van der Waals surface area contributed by atoms with Crippen LogP contribution in [-0.2, 0) is 4.79 Å². The predicted molar refractivity (Wildman–Crippen MR) is 58.3 cm³/mol. The molecule has 0 spiro atoms. The van der Waals surface area contributed by atoms with E-state index >= 15 is 0 Å². The first-order valence-electron chi connectivity index (χ1n) is 4.74. The molecule has 0 bridgehead atoms. The topological polar surface area (TPSA) is 80.9 Å². The molecule has 0 saturated heterocycles. The number of nitrogens with zero attached hydrogens (tertiary/aromatic N) is 2. The molecule has 3 N–H and O–H groups in total. The van der Waals surface area contributed by atoms with Crippen LogP contribution >= 0.6 is 0 Å². The molecule has 0 aliphatic rings. The van der Waals surface area contributed by atoms with E-state index in [1.54, 1.807) is 0 Å². The zero-order valence-corrected chi connectivity index (χ0v) is 9.24. The number of aromatic nitrogens is 2. The Morgan fingerprint density at radius 2 is 2.20 bits per heavy atom. The van der Waals surface area contributed by atoms with Crippen LogP contribution in [0.2, 0.25) is 0 Å². The Labute approximate surface area is 89.1 Å². The lowest BCUT2D eigenvalue weighted by atomic mass is 10.0. The maximum Gasteiger partial charge on any atom is 0.219 e. The van der Waals surface area contributed by atoms with E-state index in [1.807, 2.05) is 26.8 Å². The van der Waals surface area contributed by atoms with E-state index in [0.29, 0.717) is 5.82 Å². The highest BCUT2D eigenvalue weighted by Crippen LogP contribution is 2.15. The van der Waals surface area contributed by atoms with E-state index in [0.717, 1.165) is 5.69 Å². The van der Waals surface area contributed by atoms with Crippen molar-refractivity contribution in [3.63, 3.8) is 0 Å². The van der Waals surface area contributed by atoms with Gasteiger partial charge in [-0.05, 0) is 20.8 Å². The van der Waals surface area contributed by atoms with Gasteiger partial charge in [-0.2, -0.15) is 0 Å². The van der Waals surface area contributed by atoms with Crippen molar-refractivity contribution >= 4 is 11.7 Å². The van der Waals surface area contributed by atoms with Crippen molar-refractivity contribution < 1.29 is 4.79 Å². The van der Waals surface area contributed by atoms with Crippen LogP contribution in [0.4, 0.5) is 5.82 Å². The van der Waals surface area contributed by atoms with E-state index in [-0.39, 0.29) is 12.3 Å². The lowest BCUT2D eigenvalue weighted by molar-refractivity contribution is -0.118. The Bertz CT molecular complexity index is 362. The Morgan fingerprint density at radius 1 is 1.53 bits per heavy atom. The SMILES string of the molecule is Cc1cc(NC(C)(C)CC(N)=O)ncn1. The standard InChI is InChI=1S/C10H16N4O/c1-7-4-9(13-6-12-7)14-10(2,3)5-8(11)15/h4,6H,5H2,1-3H3,(H2,11,15)(H,12,13,14). The Hall–Kier alpha value is -1.65. The van der Waals surface area contributed by atoms with Crippen LogP contribution in [0.1, 0.15) is 26.0 Å². The summed E-state index contributed by atoms with van der Waals surface area (Å²) < 4.78 is 0. The summed E-state index contributed by atoms with van der Waals surface area (Å²) in [5.41, 5.74) is 5.63. The van der Waals surface area contributed by atoms with Gasteiger partial charge in [-0.25, -0.2) is 9.97 Å². The number of hydrogen-bond donors (Lipinski definition) is 2. The largest absolute Gasteiger partial charge is 0.370 e. The lowest BCUT2D eigenvalue weighted by Gasteiger charge is -2.25. The summed E-state index contributed by atoms with van der Waals surface area (Å²) >= 11 is 0. The molecule has 82 valence electrons. The van der Waals surface area contributed by atoms with Gasteiger partial charge in [0.25, 0.3) is 0 Å². The molecule has 0 aliphatic carbocycles. The molecule has 1 aromatic heterocycles. The Balaban J connectivity index is 2.72. The van der Waals surface area contributed by atoms with Crippen LogP contribution in [0.25, 0.3) is 0 Å². The zero-order chi connectivity index (χ0) is 11.5. The highest BCUT2D eigenvalue weighted by molar-refractivity contribution is 5.75. The number of anilines is 1. The van der Waals surface area contributed by atoms with Crippen LogP contribution in [0, 0.1) is 6.92 Å². The van der Waals surface area contributed by atoms with Crippen molar-refractivity contribution in [2.24, 2.45) is 5.73 Å². The molecule has 1 amide bonds. The number of primary amides is 1. The summed E-state index contributed by atoms with van der Waals surface area (Å²) in [6, 6.07) is 1.82. The zero-order valence-electron chi connectivity index (χ0n) is 9.24. The fourth-order valence-corrected chi connectivity index (χ4v) is 1.35. The predicted octanol–water partition coefficient (Wildman–Crippen LogP) is 0.851. The van der Waals surface area contributed by atoms with Gasteiger partial charge in [-0.15, -0.1) is 0 Å². The van der Waals surface area contributed by atoms with Crippen molar-refractivity contribution in [2.45, 2.75) is 32.7 Å². The molecular weight excluding hydrogens is 192 g/mol. The monoisotopic (exact) mass is 208 g/mol. The minimum Gasteiger partial charge on any atom is -0.370 e. The third-order valence-corrected chi connectivity index (χ3v) is 1.89. The molecule has 0 saturated carbocycles. The Morgan fingerprint density at radius 3 is 2.73 bits per heavy atom. The summed E-state index contributed by atoms with van der Waals surface area (Å²) in [7, 11) is 0. The third-order valence-electron chi connectivity index (χ3n) is 1.89. The number of carbonyl (C=O) groups is 1. The van der Waals surface area contributed by atoms with Gasteiger partial charge in [0.2, 0.25) is 5.91 Å². The normalized spacial score (nSPS) is 11.1. The molecule has 5 nitrogen and oxygen atoms in total. The second-order valence-electron chi connectivity index (χ2n) is 4.20. The van der Waals surface area contributed by atoms with Crippen molar-refractivity contribution in [3.05, 3.63) is 18.1 Å². The van der Waals surface area contributed by atoms with E-state index in [9.17, 15) is 4.79 Å². The molecule has 0 atom stereocenters. The first kappa shape index (κ1) is 11.4. The van der Waals surface area contributed by atoms with E-state index in [4.69, 9.17) is 5.73 Å². The van der Waals surface area contributed by atoms with Gasteiger partial charge in [-0.3, -0.25) is 4.79 Å². The number of nitrogens with one attached hydrogen (secondary N) is 1. The fourth-order valence-electron chi connectivity index (χ4n) is 1.35. The van der Waals surface area contributed by atoms with Crippen LogP contribution in [-0.4, -0.2) is 21.4 Å². The van der Waals surface area contributed by atoms with Crippen LogP contribution in [0.3, 0.4) is 0 Å². The lowest BCUT2D eigenvalue weighted by Crippen LogP contribution is -2.36. The highest BCUT2D eigenvalue weighted by Gasteiger charge is 2.20. The van der Waals surface area contributed by atoms with Crippen molar-refractivity contribution in [3.8, 4) is 0 Å². The highest BCUT2D eigenvalue weighted by atomic mass is 16.1. The minimum absolute atomic E-state index is 0.260. The molecule has 1 heterocycles. The van der Waals surface area contributed by atoms with Gasteiger partial charge < -0.3 is 11.1 Å². The maximum absolute atomic E-state index is 10.8. The molecule has 0 aromatic carbocycles. The molecular formula is C10H16N4O. The molecule has 0 fully saturated rings. The van der Waals surface area contributed by atoms with Crippen molar-refractivity contribution in [2.75, 3.05) is 5.32 Å². The molecule has 0 aliphatic heterocycles. The van der Waals surface area contributed by atoms with Crippen molar-refractivity contribution in [1.82, 2.24) is 9.97 Å². The summed E-state index contributed by atoms with van der Waals surface area (Å²) in [5.74, 6) is 0.368. The number of carbonyl (C=O) groups excluding carboxylic acids is 1. The number of rotatable bonds is 4. The average Bonchev–Trinajstić information content (AvgIpc) is 1.99. The molecule has 15 heavy (non-hydrogen) atoms. The molecule has 0 radical (unpaired) electrons. The van der Waals surface area contributed by atoms with Crippen LogP contribution in [0.5, 0.6) is 0 Å². The Kier molecular flexibility index (Phi) is 3.24. The second kappa shape index (κ2) is 4.25. The van der Waals surface area contributed by atoms with Gasteiger partial charge in [-0.1, -0.05) is 0 Å². The second-order valence-corrected chi connectivity index (χ2v) is 4.20. The number of nitrogens with two attached hydrogens (primary N) is 1. The number of amides is 1. The quantitative estimate of drug-likeness (QED) is 0.768. The van der Waals surface area contributed by atoms with Crippen LogP contribution in [0.15, 0.2) is 12.4 Å². The summed E-state index contributed by atoms with van der Waals surface area (Å²) in [5, 5.41) is 3.14. The van der Waals surface area contributed by atoms with E-state index < -0.39 is 5.54 Å². The molecule has 1 aromatic rings. The average molecular weight is 208 g/mol. The third kappa shape index (κ3) is 3.93. The van der Waals surface area contributed by atoms with Crippen molar-refractivity contribution in [1.29, 1.82) is 0 Å². The van der Waals surface area contributed by atoms with E-state index in [1.165, 1.54) is 6.33 Å². The summed E-state index contributed by atoms with van der Waals surface area (Å²) in [6.07, 6.45) is 1.74. The fraction of sp³-hybridized carbons (Fsp3) is 0.500. The smallest absolute Gasteiger partial charge is 0.219 e. The first-order valence-corrected chi connectivity index (χ1v) is 4.74. The van der Waals surface area contributed by atoms with Crippen LogP contribution < -0.4 is 11.1 Å². The minimum atomic E-state index is -0.396. The van der Waals surface area contributed by atoms with Gasteiger partial charge in [0.1, 0.15) is 12.1 Å². The van der Waals surface area contributed by atoms with E-state index in [2.05, 4.69) is 15.3 Å². The van der Waals surface area contributed by atoms with Gasteiger partial charge in [0.05, 0.1) is 0 Å². The summed E-state index contributed by atoms with van der Waals surface area (Å²) in [6.45, 7) is 5.68. The van der Waals surface area contributed by atoms with Gasteiger partial charge >= 0.3 is 0 Å². The molecule has 1 rings (SSSR count). The molecule has 5 heteroatoms. The maximum atomic E-state index is 10.8. The number of aryl methyl sites for hydroxylation is 1. The number of hydrogen-bond acceptors (Lipinski definition) is 4. The summed E-state index contributed by atoms with van der Waals surface area (Å²) in [4.78, 5) is 18.9.